The van der Waals surface area contributed by atoms with Crippen LogP contribution in [0.1, 0.15) is 44.1 Å². The number of nitrogens with one attached hydrogen (secondary N) is 1. The highest BCUT2D eigenvalue weighted by Crippen LogP contribution is 2.25. The molecule has 1 heterocycles. The lowest BCUT2D eigenvalue weighted by atomic mass is 9.87. The summed E-state index contributed by atoms with van der Waals surface area (Å²) in [6.45, 7) is 13.5. The smallest absolute Gasteiger partial charge is 0.234 e. The molecule has 1 N–H and O–H groups in total. The van der Waals surface area contributed by atoms with Gasteiger partial charge in [-0.15, -0.1) is 16.8 Å². The van der Waals surface area contributed by atoms with Crippen LogP contribution in [0, 0.1) is 6.92 Å². The van der Waals surface area contributed by atoms with Gasteiger partial charge in [0.25, 0.3) is 0 Å². The Morgan fingerprint density at radius 2 is 1.94 bits per heavy atom. The summed E-state index contributed by atoms with van der Waals surface area (Å²) >= 11 is 7.35. The zero-order chi connectivity index (χ0) is 25.4. The number of carbonyl (C=O) groups is 1. The molecule has 1 aromatic heterocycles. The van der Waals surface area contributed by atoms with E-state index in [2.05, 4.69) is 55.0 Å². The molecule has 2 aromatic carbocycles. The minimum absolute atomic E-state index is 0.110. The molecule has 0 aliphatic rings. The van der Waals surface area contributed by atoms with Crippen LogP contribution in [0.4, 0.5) is 5.69 Å². The zero-order valence-corrected chi connectivity index (χ0v) is 22.4. The highest BCUT2D eigenvalue weighted by molar-refractivity contribution is 7.99. The van der Waals surface area contributed by atoms with Crippen molar-refractivity contribution >= 4 is 35.0 Å². The van der Waals surface area contributed by atoms with Gasteiger partial charge in [-0.2, -0.15) is 0 Å². The van der Waals surface area contributed by atoms with Crippen LogP contribution in [0.5, 0.6) is 5.75 Å². The predicted molar refractivity (Wildman–Crippen MR) is 145 cm³/mol. The molecule has 35 heavy (non-hydrogen) atoms. The van der Waals surface area contributed by atoms with Crippen molar-refractivity contribution in [2.24, 2.45) is 0 Å². The van der Waals surface area contributed by atoms with Gasteiger partial charge < -0.3 is 14.6 Å². The van der Waals surface area contributed by atoms with Crippen molar-refractivity contribution < 1.29 is 9.53 Å². The summed E-state index contributed by atoms with van der Waals surface area (Å²) in [4.78, 5) is 12.5. The number of aryl methyl sites for hydroxylation is 2. The van der Waals surface area contributed by atoms with E-state index in [1.54, 1.807) is 18.2 Å². The lowest BCUT2D eigenvalue weighted by Gasteiger charge is -2.19. The van der Waals surface area contributed by atoms with Crippen molar-refractivity contribution in [3.63, 3.8) is 0 Å². The summed E-state index contributed by atoms with van der Waals surface area (Å²) < 4.78 is 7.91. The Hall–Kier alpha value is -2.77. The molecule has 0 radical (unpaired) electrons. The molecule has 0 atom stereocenters. The summed E-state index contributed by atoms with van der Waals surface area (Å²) in [5.41, 5.74) is 3.07. The number of ether oxygens (including phenoxy) is 1. The predicted octanol–water partition coefficient (Wildman–Crippen LogP) is 6.47. The largest absolute Gasteiger partial charge is 0.494 e. The molecule has 0 bridgehead atoms. The second kappa shape index (κ2) is 12.3. The third-order valence-electron chi connectivity index (χ3n) is 5.43. The van der Waals surface area contributed by atoms with Crippen molar-refractivity contribution in [1.29, 1.82) is 0 Å². The third kappa shape index (κ3) is 7.87. The fourth-order valence-electron chi connectivity index (χ4n) is 3.48. The van der Waals surface area contributed by atoms with Crippen LogP contribution in [0.15, 0.2) is 60.3 Å². The average molecular weight is 513 g/mol. The molecule has 8 heteroatoms. The Bertz CT molecular complexity index is 1150. The molecule has 0 fully saturated rings. The number of rotatable bonds is 11. The van der Waals surface area contributed by atoms with Crippen LogP contribution in [0.2, 0.25) is 5.02 Å². The molecule has 0 spiro atoms. The van der Waals surface area contributed by atoms with Crippen molar-refractivity contribution in [1.82, 2.24) is 14.8 Å². The van der Waals surface area contributed by atoms with Gasteiger partial charge in [0, 0.05) is 23.7 Å². The van der Waals surface area contributed by atoms with Gasteiger partial charge in [0.2, 0.25) is 5.91 Å². The number of thioether (sulfide) groups is 1. The summed E-state index contributed by atoms with van der Waals surface area (Å²) in [5, 5.41) is 12.9. The Labute approximate surface area is 217 Å². The number of benzene rings is 2. The van der Waals surface area contributed by atoms with Crippen molar-refractivity contribution in [3.8, 4) is 5.75 Å². The van der Waals surface area contributed by atoms with E-state index >= 15 is 0 Å². The monoisotopic (exact) mass is 512 g/mol. The highest BCUT2D eigenvalue weighted by Gasteiger charge is 2.15. The third-order valence-corrected chi connectivity index (χ3v) is 6.64. The van der Waals surface area contributed by atoms with Gasteiger partial charge in [0.15, 0.2) is 5.16 Å². The van der Waals surface area contributed by atoms with Crippen LogP contribution < -0.4 is 10.1 Å². The summed E-state index contributed by atoms with van der Waals surface area (Å²) in [5.74, 6) is 1.84. The first-order valence-electron chi connectivity index (χ1n) is 11.6. The number of anilines is 1. The number of halogens is 1. The topological polar surface area (TPSA) is 69.0 Å². The molecule has 186 valence electrons. The summed E-state index contributed by atoms with van der Waals surface area (Å²) in [6.07, 6.45) is 3.33. The first-order chi connectivity index (χ1) is 16.7. The Balaban J connectivity index is 1.51. The van der Waals surface area contributed by atoms with Gasteiger partial charge in [-0.25, -0.2) is 0 Å². The van der Waals surface area contributed by atoms with Crippen LogP contribution in [-0.4, -0.2) is 33.0 Å². The van der Waals surface area contributed by atoms with Crippen LogP contribution in [-0.2, 0) is 23.2 Å². The Morgan fingerprint density at radius 1 is 1.20 bits per heavy atom. The molecule has 0 aliphatic carbocycles. The molecule has 3 rings (SSSR count). The van der Waals surface area contributed by atoms with Crippen LogP contribution >= 0.6 is 23.4 Å². The Morgan fingerprint density at radius 3 is 2.60 bits per heavy atom. The molecule has 3 aromatic rings. The van der Waals surface area contributed by atoms with Gasteiger partial charge >= 0.3 is 0 Å². The van der Waals surface area contributed by atoms with Gasteiger partial charge in [0.1, 0.15) is 11.6 Å². The van der Waals surface area contributed by atoms with Crippen molar-refractivity contribution in [2.45, 2.75) is 57.7 Å². The highest BCUT2D eigenvalue weighted by atomic mass is 35.5. The van der Waals surface area contributed by atoms with Gasteiger partial charge in [-0.3, -0.25) is 4.79 Å². The maximum atomic E-state index is 12.5. The second-order valence-electron chi connectivity index (χ2n) is 9.32. The molecule has 0 aliphatic heterocycles. The SMILES string of the molecule is C=CCn1c(CCCOc2ccc(C(C)(C)C)cc2)nnc1SCC(=O)Nc1ccc(Cl)cc1C. The van der Waals surface area contributed by atoms with Crippen LogP contribution in [0.25, 0.3) is 0 Å². The van der Waals surface area contributed by atoms with E-state index in [1.165, 1.54) is 17.3 Å². The van der Waals surface area contributed by atoms with Gasteiger partial charge in [0.05, 0.1) is 12.4 Å². The summed E-state index contributed by atoms with van der Waals surface area (Å²) in [6, 6.07) is 13.7. The van der Waals surface area contributed by atoms with E-state index < -0.39 is 0 Å². The fourth-order valence-corrected chi connectivity index (χ4v) is 4.47. The zero-order valence-electron chi connectivity index (χ0n) is 20.8. The van der Waals surface area contributed by atoms with E-state index in [0.717, 1.165) is 35.7 Å². The molecular weight excluding hydrogens is 480 g/mol. The molecule has 0 unspecified atom stereocenters. The molecular formula is C27H33ClN4O2S. The number of aromatic nitrogens is 3. The Kier molecular flexibility index (Phi) is 9.40. The molecule has 6 nitrogen and oxygen atoms in total. The normalized spacial score (nSPS) is 11.3. The standard InChI is InChI=1S/C27H33ClN4O2S/c1-6-15-32-24(8-7-16-34-22-12-9-20(10-13-22)27(3,4)5)30-31-26(32)35-18-25(33)29-23-14-11-21(28)17-19(23)2/h6,9-14,17H,1,7-8,15-16,18H2,2-5H3,(H,29,33). The molecule has 1 amide bonds. The lowest BCUT2D eigenvalue weighted by molar-refractivity contribution is -0.113. The van der Waals surface area contributed by atoms with E-state index in [0.29, 0.717) is 23.3 Å². The molecule has 0 saturated heterocycles. The number of amides is 1. The molecule has 0 saturated carbocycles. The van der Waals surface area contributed by atoms with Gasteiger partial charge in [-0.1, -0.05) is 62.3 Å². The lowest BCUT2D eigenvalue weighted by Crippen LogP contribution is -2.15. The first kappa shape index (κ1) is 26.8. The minimum Gasteiger partial charge on any atom is -0.494 e. The first-order valence-corrected chi connectivity index (χ1v) is 13.0. The summed E-state index contributed by atoms with van der Waals surface area (Å²) in [7, 11) is 0. The number of allylic oxidation sites excluding steroid dienone is 1. The van der Waals surface area contributed by atoms with Crippen molar-refractivity contribution in [2.75, 3.05) is 17.7 Å². The quantitative estimate of drug-likeness (QED) is 0.181. The minimum atomic E-state index is -0.110. The second-order valence-corrected chi connectivity index (χ2v) is 10.7. The van der Waals surface area contributed by atoms with E-state index in [9.17, 15) is 4.79 Å². The van der Waals surface area contributed by atoms with Crippen LogP contribution in [0.3, 0.4) is 0 Å². The number of hydrogen-bond acceptors (Lipinski definition) is 5. The maximum Gasteiger partial charge on any atom is 0.234 e. The van der Waals surface area contributed by atoms with Crippen molar-refractivity contribution in [3.05, 3.63) is 77.1 Å². The van der Waals surface area contributed by atoms with E-state index in [4.69, 9.17) is 16.3 Å². The van der Waals surface area contributed by atoms with Gasteiger partial charge in [-0.05, 0) is 60.2 Å². The van der Waals surface area contributed by atoms with E-state index in [-0.39, 0.29) is 17.1 Å². The fraction of sp³-hybridized carbons (Fsp3) is 0.370. The maximum absolute atomic E-state index is 12.5. The number of nitrogens with zero attached hydrogens (tertiary/aromatic N) is 3. The number of hydrogen-bond donors (Lipinski definition) is 1. The van der Waals surface area contributed by atoms with E-state index in [1.807, 2.05) is 29.7 Å². The average Bonchev–Trinajstić information content (AvgIpc) is 3.18. The number of carbonyl (C=O) groups excluding carboxylic acids is 1.